The quantitative estimate of drug-likeness (QED) is 0.833. The van der Waals surface area contributed by atoms with Gasteiger partial charge in [-0.3, -0.25) is 0 Å². The molecule has 1 saturated carbocycles. The first-order chi connectivity index (χ1) is 7.69. The normalized spacial score (nSPS) is 22.7. The van der Waals surface area contributed by atoms with Gasteiger partial charge in [-0.25, -0.2) is 4.39 Å². The van der Waals surface area contributed by atoms with Crippen LogP contribution in [-0.2, 0) is 0 Å². The van der Waals surface area contributed by atoms with E-state index in [1.165, 1.54) is 18.7 Å². The molecule has 0 heterocycles. The number of nitrogens with two attached hydrogens (primary N) is 1. The van der Waals surface area contributed by atoms with Crippen LogP contribution < -0.4 is 10.5 Å². The molecule has 1 aliphatic rings. The highest BCUT2D eigenvalue weighted by Crippen LogP contribution is 2.26. The molecule has 1 fully saturated rings. The standard InChI is InChI=1S/C13H16FNO/c1-16-13-5-3-10(8-12(13)14)6-9-2-4-11(15)7-9/h3,5-6,8,11H,2,4,7,15H2,1H3. The van der Waals surface area contributed by atoms with Crippen LogP contribution in [0.25, 0.3) is 6.08 Å². The molecule has 1 aromatic carbocycles. The van der Waals surface area contributed by atoms with Gasteiger partial charge in [-0.2, -0.15) is 0 Å². The molecule has 0 spiro atoms. The van der Waals surface area contributed by atoms with Crippen molar-refractivity contribution in [3.05, 3.63) is 35.2 Å². The number of rotatable bonds is 2. The van der Waals surface area contributed by atoms with Gasteiger partial charge in [0.2, 0.25) is 0 Å². The maximum atomic E-state index is 13.4. The highest BCUT2D eigenvalue weighted by atomic mass is 19.1. The van der Waals surface area contributed by atoms with Gasteiger partial charge in [0, 0.05) is 6.04 Å². The maximum absolute atomic E-state index is 13.4. The lowest BCUT2D eigenvalue weighted by atomic mass is 10.1. The molecule has 1 unspecified atom stereocenters. The van der Waals surface area contributed by atoms with Gasteiger partial charge in [0.15, 0.2) is 11.6 Å². The lowest BCUT2D eigenvalue weighted by Gasteiger charge is -2.03. The first-order valence-corrected chi connectivity index (χ1v) is 5.47. The molecular weight excluding hydrogens is 205 g/mol. The second-order valence-corrected chi connectivity index (χ2v) is 4.20. The van der Waals surface area contributed by atoms with Crippen molar-refractivity contribution < 1.29 is 9.13 Å². The van der Waals surface area contributed by atoms with E-state index in [9.17, 15) is 4.39 Å². The third-order valence-corrected chi connectivity index (χ3v) is 2.91. The molecule has 0 saturated heterocycles. The zero-order valence-electron chi connectivity index (χ0n) is 9.37. The monoisotopic (exact) mass is 221 g/mol. The van der Waals surface area contributed by atoms with E-state index < -0.39 is 0 Å². The molecule has 86 valence electrons. The largest absolute Gasteiger partial charge is 0.494 e. The molecule has 2 rings (SSSR count). The van der Waals surface area contributed by atoms with E-state index in [-0.39, 0.29) is 17.6 Å². The van der Waals surface area contributed by atoms with Crippen LogP contribution in [0.5, 0.6) is 5.75 Å². The minimum absolute atomic E-state index is 0.273. The van der Waals surface area contributed by atoms with Crippen molar-refractivity contribution in [1.29, 1.82) is 0 Å². The topological polar surface area (TPSA) is 35.2 Å². The van der Waals surface area contributed by atoms with Crippen LogP contribution in [0.1, 0.15) is 24.8 Å². The Morgan fingerprint density at radius 1 is 1.50 bits per heavy atom. The minimum Gasteiger partial charge on any atom is -0.494 e. The van der Waals surface area contributed by atoms with Gasteiger partial charge in [-0.05, 0) is 37.0 Å². The van der Waals surface area contributed by atoms with Crippen LogP contribution in [0.2, 0.25) is 0 Å². The molecule has 1 atom stereocenters. The van der Waals surface area contributed by atoms with E-state index >= 15 is 0 Å². The smallest absolute Gasteiger partial charge is 0.165 e. The number of ether oxygens (including phenoxy) is 1. The molecule has 0 bridgehead atoms. The molecule has 16 heavy (non-hydrogen) atoms. The number of methoxy groups -OCH3 is 1. The molecule has 2 nitrogen and oxygen atoms in total. The Hall–Kier alpha value is -1.35. The summed E-state index contributed by atoms with van der Waals surface area (Å²) >= 11 is 0. The Balaban J connectivity index is 2.19. The predicted octanol–water partition coefficient (Wildman–Crippen LogP) is 2.73. The van der Waals surface area contributed by atoms with Gasteiger partial charge in [0.1, 0.15) is 0 Å². The average Bonchev–Trinajstić information content (AvgIpc) is 2.64. The fourth-order valence-electron chi connectivity index (χ4n) is 2.05. The van der Waals surface area contributed by atoms with Crippen molar-refractivity contribution in [2.45, 2.75) is 25.3 Å². The molecule has 1 aliphatic carbocycles. The van der Waals surface area contributed by atoms with Gasteiger partial charge in [-0.15, -0.1) is 0 Å². The zero-order valence-corrected chi connectivity index (χ0v) is 9.37. The summed E-state index contributed by atoms with van der Waals surface area (Å²) in [7, 11) is 1.46. The van der Waals surface area contributed by atoms with E-state index in [0.29, 0.717) is 0 Å². The second-order valence-electron chi connectivity index (χ2n) is 4.20. The average molecular weight is 221 g/mol. The van der Waals surface area contributed by atoms with Crippen LogP contribution >= 0.6 is 0 Å². The molecule has 2 N–H and O–H groups in total. The fraction of sp³-hybridized carbons (Fsp3) is 0.385. The number of hydrogen-bond donors (Lipinski definition) is 1. The third-order valence-electron chi connectivity index (χ3n) is 2.91. The van der Waals surface area contributed by atoms with Crippen LogP contribution in [0.15, 0.2) is 23.8 Å². The van der Waals surface area contributed by atoms with Crippen molar-refractivity contribution in [1.82, 2.24) is 0 Å². The van der Waals surface area contributed by atoms with E-state index in [1.54, 1.807) is 6.07 Å². The molecule has 0 amide bonds. The predicted molar refractivity (Wildman–Crippen MR) is 62.8 cm³/mol. The van der Waals surface area contributed by atoms with Gasteiger partial charge in [0.05, 0.1) is 7.11 Å². The van der Waals surface area contributed by atoms with Crippen LogP contribution in [0.4, 0.5) is 4.39 Å². The summed E-state index contributed by atoms with van der Waals surface area (Å²) < 4.78 is 18.3. The molecular formula is C13H16FNO. The summed E-state index contributed by atoms with van der Waals surface area (Å²) in [6, 6.07) is 5.28. The Bertz CT molecular complexity index is 414. The third kappa shape index (κ3) is 2.42. The first kappa shape index (κ1) is 11.1. The van der Waals surface area contributed by atoms with Crippen molar-refractivity contribution in [2.75, 3.05) is 7.11 Å². The highest BCUT2D eigenvalue weighted by molar-refractivity contribution is 5.55. The Labute approximate surface area is 94.9 Å². The molecule has 0 radical (unpaired) electrons. The van der Waals surface area contributed by atoms with E-state index in [0.717, 1.165) is 24.8 Å². The van der Waals surface area contributed by atoms with Gasteiger partial charge in [0.25, 0.3) is 0 Å². The van der Waals surface area contributed by atoms with Crippen molar-refractivity contribution >= 4 is 6.08 Å². The highest BCUT2D eigenvalue weighted by Gasteiger charge is 2.15. The Morgan fingerprint density at radius 2 is 2.31 bits per heavy atom. The lowest BCUT2D eigenvalue weighted by molar-refractivity contribution is 0.386. The van der Waals surface area contributed by atoms with E-state index in [1.807, 2.05) is 12.1 Å². The van der Waals surface area contributed by atoms with Gasteiger partial charge in [-0.1, -0.05) is 17.7 Å². The SMILES string of the molecule is COc1ccc(C=C2CCC(N)C2)cc1F. The summed E-state index contributed by atoms with van der Waals surface area (Å²) in [6.07, 6.45) is 5.00. The van der Waals surface area contributed by atoms with Crippen LogP contribution in [0, 0.1) is 5.82 Å². The van der Waals surface area contributed by atoms with Gasteiger partial charge >= 0.3 is 0 Å². The maximum Gasteiger partial charge on any atom is 0.165 e. The molecule has 0 aromatic heterocycles. The molecule has 0 aliphatic heterocycles. The first-order valence-electron chi connectivity index (χ1n) is 5.47. The number of benzene rings is 1. The van der Waals surface area contributed by atoms with Crippen LogP contribution in [0.3, 0.4) is 0 Å². The van der Waals surface area contributed by atoms with Crippen molar-refractivity contribution in [3.8, 4) is 5.75 Å². The van der Waals surface area contributed by atoms with E-state index in [2.05, 4.69) is 0 Å². The minimum atomic E-state index is -0.320. The summed E-state index contributed by atoms with van der Waals surface area (Å²) in [4.78, 5) is 0. The Morgan fingerprint density at radius 3 is 2.88 bits per heavy atom. The number of hydrogen-bond acceptors (Lipinski definition) is 2. The summed E-state index contributed by atoms with van der Waals surface area (Å²) in [6.45, 7) is 0. The second kappa shape index (κ2) is 4.66. The molecule has 1 aromatic rings. The van der Waals surface area contributed by atoms with Crippen molar-refractivity contribution in [3.63, 3.8) is 0 Å². The van der Waals surface area contributed by atoms with Crippen molar-refractivity contribution in [2.24, 2.45) is 5.73 Å². The Kier molecular flexibility index (Phi) is 3.25. The van der Waals surface area contributed by atoms with E-state index in [4.69, 9.17) is 10.5 Å². The summed E-state index contributed by atoms with van der Waals surface area (Å²) in [5, 5.41) is 0. The van der Waals surface area contributed by atoms with Crippen LogP contribution in [-0.4, -0.2) is 13.2 Å². The van der Waals surface area contributed by atoms with Gasteiger partial charge < -0.3 is 10.5 Å². The lowest BCUT2D eigenvalue weighted by Crippen LogP contribution is -2.13. The number of halogens is 1. The fourth-order valence-corrected chi connectivity index (χ4v) is 2.05. The summed E-state index contributed by atoms with van der Waals surface area (Å²) in [5.74, 6) is -0.0376. The summed E-state index contributed by atoms with van der Waals surface area (Å²) in [5.41, 5.74) is 8.00. The zero-order chi connectivity index (χ0) is 11.5. The molecule has 3 heteroatoms.